The number of carbonyl (C=O) groups is 2. The SMILES string of the molecule is CCN(CC(=O)OC)C(=O)/C=C/c1ccnn1C. The van der Waals surface area contributed by atoms with Gasteiger partial charge in [0.2, 0.25) is 5.91 Å². The van der Waals surface area contributed by atoms with E-state index >= 15 is 0 Å². The van der Waals surface area contributed by atoms with Crippen molar-refractivity contribution in [1.29, 1.82) is 0 Å². The topological polar surface area (TPSA) is 64.4 Å². The lowest BCUT2D eigenvalue weighted by molar-refractivity contribution is -0.145. The van der Waals surface area contributed by atoms with Gasteiger partial charge >= 0.3 is 5.97 Å². The van der Waals surface area contributed by atoms with Crippen LogP contribution in [0.15, 0.2) is 18.3 Å². The van der Waals surface area contributed by atoms with Crippen LogP contribution in [0.1, 0.15) is 12.6 Å². The maximum Gasteiger partial charge on any atom is 0.325 e. The second-order valence-electron chi connectivity index (χ2n) is 3.64. The molecule has 0 spiro atoms. The maximum absolute atomic E-state index is 11.8. The molecule has 0 bridgehead atoms. The molecule has 0 unspecified atom stereocenters. The molecule has 1 rings (SSSR count). The number of hydrogen-bond donors (Lipinski definition) is 0. The van der Waals surface area contributed by atoms with Crippen molar-refractivity contribution in [2.75, 3.05) is 20.2 Å². The van der Waals surface area contributed by atoms with E-state index in [9.17, 15) is 9.59 Å². The number of ether oxygens (including phenoxy) is 1. The highest BCUT2D eigenvalue weighted by atomic mass is 16.5. The van der Waals surface area contributed by atoms with E-state index in [0.717, 1.165) is 5.69 Å². The Labute approximate surface area is 106 Å². The van der Waals surface area contributed by atoms with Crippen molar-refractivity contribution in [3.8, 4) is 0 Å². The zero-order valence-corrected chi connectivity index (χ0v) is 10.8. The van der Waals surface area contributed by atoms with E-state index in [1.807, 2.05) is 0 Å². The van der Waals surface area contributed by atoms with Crippen molar-refractivity contribution < 1.29 is 14.3 Å². The zero-order chi connectivity index (χ0) is 13.5. The average molecular weight is 251 g/mol. The molecule has 1 amide bonds. The number of nitrogens with zero attached hydrogens (tertiary/aromatic N) is 3. The van der Waals surface area contributed by atoms with Crippen LogP contribution in [-0.4, -0.2) is 46.8 Å². The number of carbonyl (C=O) groups excluding carboxylic acids is 2. The summed E-state index contributed by atoms with van der Waals surface area (Å²) in [5.41, 5.74) is 0.817. The van der Waals surface area contributed by atoms with Gasteiger partial charge in [0, 0.05) is 25.9 Å². The van der Waals surface area contributed by atoms with Crippen molar-refractivity contribution >= 4 is 18.0 Å². The first-order chi connectivity index (χ1) is 8.58. The molecule has 0 aliphatic heterocycles. The fourth-order valence-electron chi connectivity index (χ4n) is 1.38. The quantitative estimate of drug-likeness (QED) is 0.563. The highest BCUT2D eigenvalue weighted by Crippen LogP contribution is 2.01. The lowest BCUT2D eigenvalue weighted by Crippen LogP contribution is -2.34. The Kier molecular flexibility index (Phi) is 5.10. The van der Waals surface area contributed by atoms with Gasteiger partial charge in [0.15, 0.2) is 0 Å². The van der Waals surface area contributed by atoms with Crippen LogP contribution in [0.2, 0.25) is 0 Å². The lowest BCUT2D eigenvalue weighted by Gasteiger charge is -2.17. The van der Waals surface area contributed by atoms with Crippen LogP contribution in [0.3, 0.4) is 0 Å². The monoisotopic (exact) mass is 251 g/mol. The molecular weight excluding hydrogens is 234 g/mol. The van der Waals surface area contributed by atoms with Crippen LogP contribution in [0.5, 0.6) is 0 Å². The van der Waals surface area contributed by atoms with Crippen molar-refractivity contribution in [2.45, 2.75) is 6.92 Å². The number of methoxy groups -OCH3 is 1. The number of aryl methyl sites for hydroxylation is 1. The Bertz CT molecular complexity index is 451. The predicted molar refractivity (Wildman–Crippen MR) is 66.5 cm³/mol. The maximum atomic E-state index is 11.8. The predicted octanol–water partition coefficient (Wildman–Crippen LogP) is 0.455. The molecule has 0 aliphatic rings. The van der Waals surface area contributed by atoms with Crippen LogP contribution in [-0.2, 0) is 21.4 Å². The van der Waals surface area contributed by atoms with E-state index in [1.165, 1.54) is 18.1 Å². The molecule has 0 aromatic carbocycles. The molecule has 18 heavy (non-hydrogen) atoms. The summed E-state index contributed by atoms with van der Waals surface area (Å²) in [4.78, 5) is 24.4. The first kappa shape index (κ1) is 14.0. The molecule has 0 fully saturated rings. The van der Waals surface area contributed by atoms with Crippen molar-refractivity contribution in [3.63, 3.8) is 0 Å². The average Bonchev–Trinajstić information content (AvgIpc) is 2.78. The normalized spacial score (nSPS) is 10.6. The number of esters is 1. The third kappa shape index (κ3) is 3.73. The van der Waals surface area contributed by atoms with Crippen LogP contribution >= 0.6 is 0 Å². The first-order valence-corrected chi connectivity index (χ1v) is 5.60. The van der Waals surface area contributed by atoms with Gasteiger partial charge in [-0.1, -0.05) is 0 Å². The molecule has 6 nitrogen and oxygen atoms in total. The zero-order valence-electron chi connectivity index (χ0n) is 10.8. The second kappa shape index (κ2) is 6.58. The Hall–Kier alpha value is -2.11. The minimum absolute atomic E-state index is 0.0401. The third-order valence-corrected chi connectivity index (χ3v) is 2.50. The van der Waals surface area contributed by atoms with E-state index in [4.69, 9.17) is 0 Å². The Balaban J connectivity index is 2.65. The van der Waals surface area contributed by atoms with Crippen LogP contribution in [0.4, 0.5) is 0 Å². The van der Waals surface area contributed by atoms with E-state index < -0.39 is 5.97 Å². The highest BCUT2D eigenvalue weighted by molar-refractivity contribution is 5.93. The van der Waals surface area contributed by atoms with Gasteiger partial charge in [0.05, 0.1) is 12.8 Å². The minimum Gasteiger partial charge on any atom is -0.468 e. The summed E-state index contributed by atoms with van der Waals surface area (Å²) in [5.74, 6) is -0.664. The minimum atomic E-state index is -0.431. The second-order valence-corrected chi connectivity index (χ2v) is 3.64. The van der Waals surface area contributed by atoms with E-state index in [1.54, 1.807) is 37.0 Å². The summed E-state index contributed by atoms with van der Waals surface area (Å²) < 4.78 is 6.18. The Morgan fingerprint density at radius 1 is 1.56 bits per heavy atom. The van der Waals surface area contributed by atoms with Crippen LogP contribution in [0.25, 0.3) is 6.08 Å². The number of likely N-dealkylation sites (N-methyl/N-ethyl adjacent to an activating group) is 1. The molecule has 1 aromatic rings. The smallest absolute Gasteiger partial charge is 0.325 e. The fraction of sp³-hybridized carbons (Fsp3) is 0.417. The lowest BCUT2D eigenvalue weighted by atomic mass is 10.3. The molecule has 0 radical (unpaired) electrons. The summed E-state index contributed by atoms with van der Waals surface area (Å²) >= 11 is 0. The van der Waals surface area contributed by atoms with Crippen LogP contribution in [0, 0.1) is 0 Å². The van der Waals surface area contributed by atoms with E-state index in [2.05, 4.69) is 9.84 Å². The summed E-state index contributed by atoms with van der Waals surface area (Å²) in [6.07, 6.45) is 4.73. The molecule has 0 saturated carbocycles. The molecular formula is C12H17N3O3. The summed E-state index contributed by atoms with van der Waals surface area (Å²) in [5, 5.41) is 3.99. The molecule has 98 valence electrons. The summed E-state index contributed by atoms with van der Waals surface area (Å²) in [6, 6.07) is 1.79. The van der Waals surface area contributed by atoms with Gasteiger partial charge < -0.3 is 9.64 Å². The van der Waals surface area contributed by atoms with Gasteiger partial charge in [-0.05, 0) is 19.1 Å². The Morgan fingerprint density at radius 2 is 2.28 bits per heavy atom. The molecule has 0 atom stereocenters. The van der Waals surface area contributed by atoms with Crippen molar-refractivity contribution in [2.24, 2.45) is 7.05 Å². The standard InChI is InChI=1S/C12H17N3O3/c1-4-15(9-12(17)18-3)11(16)6-5-10-7-8-13-14(10)2/h5-8H,4,9H2,1-3H3/b6-5+. The van der Waals surface area contributed by atoms with Crippen molar-refractivity contribution in [1.82, 2.24) is 14.7 Å². The molecule has 1 heterocycles. The number of hydrogen-bond acceptors (Lipinski definition) is 4. The number of amides is 1. The van der Waals surface area contributed by atoms with Gasteiger partial charge in [-0.2, -0.15) is 5.10 Å². The Morgan fingerprint density at radius 3 is 2.78 bits per heavy atom. The molecule has 0 saturated heterocycles. The van der Waals surface area contributed by atoms with Gasteiger partial charge in [0.25, 0.3) is 0 Å². The third-order valence-electron chi connectivity index (χ3n) is 2.50. The molecule has 1 aromatic heterocycles. The van der Waals surface area contributed by atoms with Crippen molar-refractivity contribution in [3.05, 3.63) is 24.0 Å². The van der Waals surface area contributed by atoms with E-state index in [0.29, 0.717) is 6.54 Å². The summed E-state index contributed by atoms with van der Waals surface area (Å²) in [7, 11) is 3.09. The van der Waals surface area contributed by atoms with Gasteiger partial charge in [-0.15, -0.1) is 0 Å². The highest BCUT2D eigenvalue weighted by Gasteiger charge is 2.13. The number of rotatable bonds is 5. The largest absolute Gasteiger partial charge is 0.468 e. The first-order valence-electron chi connectivity index (χ1n) is 5.60. The summed E-state index contributed by atoms with van der Waals surface area (Å²) in [6.45, 7) is 2.21. The van der Waals surface area contributed by atoms with Gasteiger partial charge in [0.1, 0.15) is 6.54 Å². The number of aromatic nitrogens is 2. The molecule has 6 heteroatoms. The van der Waals surface area contributed by atoms with E-state index in [-0.39, 0.29) is 12.5 Å². The van der Waals surface area contributed by atoms with Gasteiger partial charge in [-0.3, -0.25) is 14.3 Å². The molecule has 0 aliphatic carbocycles. The van der Waals surface area contributed by atoms with Gasteiger partial charge in [-0.25, -0.2) is 0 Å². The van der Waals surface area contributed by atoms with Crippen LogP contribution < -0.4 is 0 Å². The molecule has 0 N–H and O–H groups in total. The fourth-order valence-corrected chi connectivity index (χ4v) is 1.38.